The van der Waals surface area contributed by atoms with E-state index in [1.807, 2.05) is 0 Å². The minimum atomic E-state index is 0.566. The highest BCUT2D eigenvalue weighted by Crippen LogP contribution is 2.37. The van der Waals surface area contributed by atoms with Crippen LogP contribution in [0.25, 0.3) is 5.65 Å². The zero-order valence-electron chi connectivity index (χ0n) is 14.1. The van der Waals surface area contributed by atoms with Crippen LogP contribution in [0.2, 0.25) is 5.02 Å². The van der Waals surface area contributed by atoms with E-state index >= 15 is 0 Å². The molecule has 5 rings (SSSR count). The molecule has 1 unspecified atom stereocenters. The number of anilines is 1. The molecule has 2 aromatic heterocycles. The molecular formula is C20H21ClN4. The molecule has 0 radical (unpaired) electrons. The van der Waals surface area contributed by atoms with Crippen molar-refractivity contribution in [3.8, 4) is 0 Å². The van der Waals surface area contributed by atoms with Crippen molar-refractivity contribution >= 4 is 22.9 Å². The van der Waals surface area contributed by atoms with E-state index in [1.54, 1.807) is 0 Å². The van der Waals surface area contributed by atoms with Gasteiger partial charge in [-0.15, -0.1) is 10.2 Å². The molecule has 1 aromatic carbocycles. The van der Waals surface area contributed by atoms with Crippen LogP contribution in [-0.4, -0.2) is 27.7 Å². The van der Waals surface area contributed by atoms with Crippen molar-refractivity contribution in [3.63, 3.8) is 0 Å². The monoisotopic (exact) mass is 352 g/mol. The Hall–Kier alpha value is -2.07. The standard InChI is InChI=1S/C20H21ClN4/c21-19-17(24-10-8-16(13-24)15-4-2-1-3-5-15)9-11-25-18(12-14-6-7-14)22-23-20(19)25/h1-5,9,11,14,16H,6-8,10,12-13H2. The lowest BCUT2D eigenvalue weighted by Gasteiger charge is -2.20. The lowest BCUT2D eigenvalue weighted by molar-refractivity contribution is 0.757. The first-order valence-corrected chi connectivity index (χ1v) is 9.49. The molecule has 4 nitrogen and oxygen atoms in total. The van der Waals surface area contributed by atoms with Gasteiger partial charge < -0.3 is 4.90 Å². The van der Waals surface area contributed by atoms with Gasteiger partial charge >= 0.3 is 0 Å². The van der Waals surface area contributed by atoms with Crippen molar-refractivity contribution in [3.05, 3.63) is 59.0 Å². The summed E-state index contributed by atoms with van der Waals surface area (Å²) >= 11 is 6.72. The number of benzene rings is 1. The van der Waals surface area contributed by atoms with Gasteiger partial charge in [0.2, 0.25) is 0 Å². The van der Waals surface area contributed by atoms with Crippen LogP contribution in [0.15, 0.2) is 42.6 Å². The van der Waals surface area contributed by atoms with Gasteiger partial charge in [0.05, 0.1) is 5.69 Å². The van der Waals surface area contributed by atoms with Crippen molar-refractivity contribution in [2.75, 3.05) is 18.0 Å². The summed E-state index contributed by atoms with van der Waals surface area (Å²) in [5, 5.41) is 9.47. The first-order chi connectivity index (χ1) is 12.3. The molecule has 0 amide bonds. The maximum absolute atomic E-state index is 6.72. The first kappa shape index (κ1) is 15.2. The fraction of sp³-hybridized carbons (Fsp3) is 0.400. The molecule has 128 valence electrons. The fourth-order valence-electron chi connectivity index (χ4n) is 3.90. The minimum absolute atomic E-state index is 0.566. The van der Waals surface area contributed by atoms with Gasteiger partial charge in [-0.2, -0.15) is 0 Å². The zero-order valence-corrected chi connectivity index (χ0v) is 14.9. The number of hydrogen-bond donors (Lipinski definition) is 0. The molecule has 1 atom stereocenters. The number of fused-ring (bicyclic) bond motifs is 1. The Morgan fingerprint density at radius 1 is 1.04 bits per heavy atom. The lowest BCUT2D eigenvalue weighted by atomic mass is 9.99. The zero-order chi connectivity index (χ0) is 16.8. The molecule has 3 aromatic rings. The maximum Gasteiger partial charge on any atom is 0.181 e. The van der Waals surface area contributed by atoms with Gasteiger partial charge in [-0.1, -0.05) is 41.9 Å². The van der Waals surface area contributed by atoms with Crippen LogP contribution in [0.4, 0.5) is 5.69 Å². The Labute approximate surface area is 152 Å². The number of nitrogens with zero attached hydrogens (tertiary/aromatic N) is 4. The molecule has 5 heteroatoms. The van der Waals surface area contributed by atoms with Crippen molar-refractivity contribution in [1.82, 2.24) is 14.6 Å². The van der Waals surface area contributed by atoms with Gasteiger partial charge in [0.25, 0.3) is 0 Å². The average Bonchev–Trinajstić information content (AvgIpc) is 3.16. The SMILES string of the molecule is Clc1c(N2CCC(c3ccccc3)C2)ccn2c(CC3CC3)nnc12. The molecule has 0 N–H and O–H groups in total. The third-order valence-electron chi connectivity index (χ3n) is 5.54. The summed E-state index contributed by atoms with van der Waals surface area (Å²) in [5.41, 5.74) is 3.28. The third-order valence-corrected chi connectivity index (χ3v) is 5.90. The first-order valence-electron chi connectivity index (χ1n) is 9.11. The van der Waals surface area contributed by atoms with E-state index in [9.17, 15) is 0 Å². The molecule has 25 heavy (non-hydrogen) atoms. The predicted octanol–water partition coefficient (Wildman–Crippen LogP) is 4.33. The summed E-state index contributed by atoms with van der Waals surface area (Å²) in [4.78, 5) is 2.38. The van der Waals surface area contributed by atoms with Crippen molar-refractivity contribution in [2.24, 2.45) is 5.92 Å². The van der Waals surface area contributed by atoms with E-state index in [0.29, 0.717) is 5.92 Å². The van der Waals surface area contributed by atoms with Crippen LogP contribution in [0.1, 0.15) is 36.6 Å². The molecule has 2 fully saturated rings. The van der Waals surface area contributed by atoms with Crippen LogP contribution in [-0.2, 0) is 6.42 Å². The molecule has 1 saturated heterocycles. The highest BCUT2D eigenvalue weighted by atomic mass is 35.5. The Kier molecular flexibility index (Phi) is 3.66. The highest BCUT2D eigenvalue weighted by molar-refractivity contribution is 6.36. The van der Waals surface area contributed by atoms with Crippen molar-refractivity contribution in [2.45, 2.75) is 31.6 Å². The number of rotatable bonds is 4. The fourth-order valence-corrected chi connectivity index (χ4v) is 4.21. The van der Waals surface area contributed by atoms with Crippen molar-refractivity contribution in [1.29, 1.82) is 0 Å². The van der Waals surface area contributed by atoms with Crippen LogP contribution in [0.5, 0.6) is 0 Å². The van der Waals surface area contributed by atoms with E-state index in [2.05, 4.69) is 62.1 Å². The summed E-state index contributed by atoms with van der Waals surface area (Å²) < 4.78 is 2.06. The van der Waals surface area contributed by atoms with Crippen LogP contribution < -0.4 is 4.90 Å². The number of aromatic nitrogens is 3. The average molecular weight is 353 g/mol. The minimum Gasteiger partial charge on any atom is -0.370 e. The Morgan fingerprint density at radius 3 is 2.68 bits per heavy atom. The molecule has 1 aliphatic carbocycles. The van der Waals surface area contributed by atoms with Crippen LogP contribution in [0, 0.1) is 5.92 Å². The quantitative estimate of drug-likeness (QED) is 0.700. The van der Waals surface area contributed by atoms with Gasteiger partial charge in [0, 0.05) is 31.6 Å². The summed E-state index contributed by atoms with van der Waals surface area (Å²) in [6.07, 6.45) is 6.89. The Balaban J connectivity index is 1.42. The van der Waals surface area contributed by atoms with Crippen LogP contribution in [0.3, 0.4) is 0 Å². The molecule has 3 heterocycles. The topological polar surface area (TPSA) is 33.4 Å². The molecule has 0 bridgehead atoms. The number of pyridine rings is 1. The second-order valence-electron chi connectivity index (χ2n) is 7.31. The van der Waals surface area contributed by atoms with Gasteiger partial charge in [0.1, 0.15) is 10.8 Å². The molecular weight excluding hydrogens is 332 g/mol. The van der Waals surface area contributed by atoms with E-state index in [4.69, 9.17) is 11.6 Å². The normalized spacial score (nSPS) is 20.5. The highest BCUT2D eigenvalue weighted by Gasteiger charge is 2.28. The van der Waals surface area contributed by atoms with Gasteiger partial charge in [-0.05, 0) is 36.8 Å². The van der Waals surface area contributed by atoms with E-state index in [1.165, 1.54) is 18.4 Å². The summed E-state index contributed by atoms with van der Waals surface area (Å²) in [6, 6.07) is 12.9. The molecule has 1 saturated carbocycles. The lowest BCUT2D eigenvalue weighted by Crippen LogP contribution is -2.20. The smallest absolute Gasteiger partial charge is 0.181 e. The molecule has 0 spiro atoms. The van der Waals surface area contributed by atoms with Gasteiger partial charge in [-0.3, -0.25) is 4.40 Å². The number of halogens is 1. The van der Waals surface area contributed by atoms with Crippen molar-refractivity contribution < 1.29 is 0 Å². The second kappa shape index (κ2) is 6.03. The Bertz CT molecular complexity index is 901. The summed E-state index contributed by atoms with van der Waals surface area (Å²) in [7, 11) is 0. The summed E-state index contributed by atoms with van der Waals surface area (Å²) in [5.74, 6) is 2.39. The van der Waals surface area contributed by atoms with E-state index < -0.39 is 0 Å². The number of hydrogen-bond acceptors (Lipinski definition) is 3. The van der Waals surface area contributed by atoms with E-state index in [-0.39, 0.29) is 0 Å². The van der Waals surface area contributed by atoms with Gasteiger partial charge in [0.15, 0.2) is 5.65 Å². The molecule has 2 aliphatic rings. The third kappa shape index (κ3) is 2.78. The molecule has 1 aliphatic heterocycles. The van der Waals surface area contributed by atoms with E-state index in [0.717, 1.165) is 54.0 Å². The largest absolute Gasteiger partial charge is 0.370 e. The Morgan fingerprint density at radius 2 is 1.88 bits per heavy atom. The second-order valence-corrected chi connectivity index (χ2v) is 7.69. The van der Waals surface area contributed by atoms with Crippen LogP contribution >= 0.6 is 11.6 Å². The summed E-state index contributed by atoms with van der Waals surface area (Å²) in [6.45, 7) is 2.03. The van der Waals surface area contributed by atoms with Gasteiger partial charge in [-0.25, -0.2) is 0 Å². The maximum atomic E-state index is 6.72. The predicted molar refractivity (Wildman–Crippen MR) is 100 cm³/mol.